The molecule has 0 aliphatic carbocycles. The largest absolute Gasteiger partial charge is 0.508 e. The molecule has 0 saturated carbocycles. The number of aromatic hydroxyl groups is 2. The molecule has 3 rings (SSSR count). The summed E-state index contributed by atoms with van der Waals surface area (Å²) < 4.78 is 10.9. The summed E-state index contributed by atoms with van der Waals surface area (Å²) in [6.07, 6.45) is 0.297. The van der Waals surface area contributed by atoms with Gasteiger partial charge in [-0.05, 0) is 49.2 Å². The molecule has 114 valence electrons. The van der Waals surface area contributed by atoms with Crippen LogP contribution in [-0.4, -0.2) is 22.3 Å². The minimum absolute atomic E-state index is 0.152. The third-order valence-electron chi connectivity index (χ3n) is 3.58. The van der Waals surface area contributed by atoms with Crippen molar-refractivity contribution in [2.75, 3.05) is 0 Å². The molecule has 0 aromatic heterocycles. The van der Waals surface area contributed by atoms with Gasteiger partial charge in [0.25, 0.3) is 0 Å². The number of aryl methyl sites for hydroxylation is 1. The fourth-order valence-corrected chi connectivity index (χ4v) is 2.58. The van der Waals surface area contributed by atoms with Crippen LogP contribution in [0, 0.1) is 6.92 Å². The van der Waals surface area contributed by atoms with Crippen LogP contribution in [0.1, 0.15) is 28.4 Å². The second-order valence-electron chi connectivity index (χ2n) is 5.45. The summed E-state index contributed by atoms with van der Waals surface area (Å²) in [5, 5.41) is 19.5. The van der Waals surface area contributed by atoms with Gasteiger partial charge in [-0.2, -0.15) is 0 Å². The summed E-state index contributed by atoms with van der Waals surface area (Å²) in [6.45, 7) is 3.61. The molecule has 1 aliphatic rings. The van der Waals surface area contributed by atoms with Crippen LogP contribution in [0.3, 0.4) is 0 Å². The molecule has 2 aromatic rings. The Kier molecular flexibility index (Phi) is 3.41. The molecular formula is C17H16O5. The van der Waals surface area contributed by atoms with E-state index < -0.39 is 5.97 Å². The highest BCUT2D eigenvalue weighted by Crippen LogP contribution is 2.35. The SMILES string of the molecule is Cc1cc(O)ccc1Oc1cc(O)c2c(c1)C[C@H](C)OC2=O. The van der Waals surface area contributed by atoms with E-state index in [-0.39, 0.29) is 23.2 Å². The number of fused-ring (bicyclic) bond motifs is 1. The number of phenols is 2. The molecule has 5 nitrogen and oxygen atoms in total. The standard InChI is InChI=1S/C17H16O5/c1-9-5-12(18)3-4-15(9)22-13-7-11-6-10(2)21-17(20)16(11)14(19)8-13/h3-5,7-8,10,18-19H,6H2,1-2H3/t10-/m0/s1. The Hall–Kier alpha value is -2.69. The lowest BCUT2D eigenvalue weighted by Gasteiger charge is -2.23. The van der Waals surface area contributed by atoms with E-state index in [1.54, 1.807) is 25.1 Å². The van der Waals surface area contributed by atoms with Crippen LogP contribution < -0.4 is 4.74 Å². The van der Waals surface area contributed by atoms with Crippen molar-refractivity contribution in [2.24, 2.45) is 0 Å². The normalized spacial score (nSPS) is 16.8. The van der Waals surface area contributed by atoms with Gasteiger partial charge in [-0.1, -0.05) is 0 Å². The fourth-order valence-electron chi connectivity index (χ4n) is 2.58. The summed E-state index contributed by atoms with van der Waals surface area (Å²) in [7, 11) is 0. The molecule has 0 radical (unpaired) electrons. The molecule has 0 spiro atoms. The molecule has 1 atom stereocenters. The van der Waals surface area contributed by atoms with Crippen molar-refractivity contribution in [1.82, 2.24) is 0 Å². The van der Waals surface area contributed by atoms with Gasteiger partial charge in [0.05, 0.1) is 0 Å². The van der Waals surface area contributed by atoms with Crippen molar-refractivity contribution in [3.8, 4) is 23.0 Å². The van der Waals surface area contributed by atoms with Gasteiger partial charge in [0, 0.05) is 12.5 Å². The lowest BCUT2D eigenvalue weighted by molar-refractivity contribution is 0.0297. The quantitative estimate of drug-likeness (QED) is 0.832. The summed E-state index contributed by atoms with van der Waals surface area (Å²) in [6, 6.07) is 7.89. The van der Waals surface area contributed by atoms with E-state index >= 15 is 0 Å². The predicted molar refractivity (Wildman–Crippen MR) is 79.6 cm³/mol. The molecular weight excluding hydrogens is 284 g/mol. The number of carbonyl (C=O) groups excluding carboxylic acids is 1. The van der Waals surface area contributed by atoms with Crippen molar-refractivity contribution in [3.05, 3.63) is 47.0 Å². The maximum atomic E-state index is 11.8. The molecule has 1 heterocycles. The van der Waals surface area contributed by atoms with Crippen molar-refractivity contribution >= 4 is 5.97 Å². The van der Waals surface area contributed by atoms with Gasteiger partial charge in [0.1, 0.15) is 34.7 Å². The van der Waals surface area contributed by atoms with Crippen LogP contribution >= 0.6 is 0 Å². The number of esters is 1. The molecule has 0 fully saturated rings. The van der Waals surface area contributed by atoms with Gasteiger partial charge in [-0.3, -0.25) is 0 Å². The van der Waals surface area contributed by atoms with Crippen LogP contribution in [0.15, 0.2) is 30.3 Å². The number of cyclic esters (lactones) is 1. The first-order valence-electron chi connectivity index (χ1n) is 6.98. The number of carbonyl (C=O) groups is 1. The van der Waals surface area contributed by atoms with Crippen molar-refractivity contribution in [3.63, 3.8) is 0 Å². The van der Waals surface area contributed by atoms with E-state index in [9.17, 15) is 15.0 Å². The number of hydrogen-bond donors (Lipinski definition) is 2. The number of phenolic OH excluding ortho intramolecular Hbond substituents is 2. The molecule has 2 N–H and O–H groups in total. The first-order chi connectivity index (χ1) is 10.4. The Morgan fingerprint density at radius 2 is 2.00 bits per heavy atom. The van der Waals surface area contributed by atoms with Gasteiger partial charge in [-0.25, -0.2) is 4.79 Å². The molecule has 0 unspecified atom stereocenters. The molecule has 2 aromatic carbocycles. The van der Waals surface area contributed by atoms with E-state index in [0.717, 1.165) is 5.56 Å². The summed E-state index contributed by atoms with van der Waals surface area (Å²) in [5.74, 6) is 0.504. The van der Waals surface area contributed by atoms with Crippen LogP contribution in [0.5, 0.6) is 23.0 Å². The third-order valence-corrected chi connectivity index (χ3v) is 3.58. The first-order valence-corrected chi connectivity index (χ1v) is 6.98. The maximum absolute atomic E-state index is 11.8. The van der Waals surface area contributed by atoms with E-state index in [1.807, 2.05) is 6.92 Å². The third kappa shape index (κ3) is 2.57. The molecule has 22 heavy (non-hydrogen) atoms. The average molecular weight is 300 g/mol. The zero-order valence-corrected chi connectivity index (χ0v) is 12.3. The highest BCUT2D eigenvalue weighted by molar-refractivity contribution is 5.95. The topological polar surface area (TPSA) is 76.0 Å². The second kappa shape index (κ2) is 5.26. The number of rotatable bonds is 2. The monoisotopic (exact) mass is 300 g/mol. The van der Waals surface area contributed by atoms with Crippen LogP contribution in [0.2, 0.25) is 0 Å². The van der Waals surface area contributed by atoms with E-state index in [4.69, 9.17) is 9.47 Å². The minimum Gasteiger partial charge on any atom is -0.508 e. The van der Waals surface area contributed by atoms with Gasteiger partial charge >= 0.3 is 5.97 Å². The highest BCUT2D eigenvalue weighted by Gasteiger charge is 2.27. The van der Waals surface area contributed by atoms with E-state index in [2.05, 4.69) is 0 Å². The van der Waals surface area contributed by atoms with E-state index in [1.165, 1.54) is 12.1 Å². The zero-order valence-electron chi connectivity index (χ0n) is 12.3. The zero-order chi connectivity index (χ0) is 15.9. The van der Waals surface area contributed by atoms with Crippen molar-refractivity contribution < 1.29 is 24.5 Å². The lowest BCUT2D eigenvalue weighted by atomic mass is 9.98. The van der Waals surface area contributed by atoms with Crippen LogP contribution in [-0.2, 0) is 11.2 Å². The lowest BCUT2D eigenvalue weighted by Crippen LogP contribution is -2.25. The number of hydrogen-bond acceptors (Lipinski definition) is 5. The van der Waals surface area contributed by atoms with Crippen LogP contribution in [0.25, 0.3) is 0 Å². The summed E-state index contributed by atoms with van der Waals surface area (Å²) in [5.41, 5.74) is 1.67. The molecule has 1 aliphatic heterocycles. The molecule has 0 bridgehead atoms. The van der Waals surface area contributed by atoms with Crippen LogP contribution in [0.4, 0.5) is 0 Å². The first kappa shape index (κ1) is 14.3. The van der Waals surface area contributed by atoms with Crippen molar-refractivity contribution in [1.29, 1.82) is 0 Å². The molecule has 0 amide bonds. The summed E-state index contributed by atoms with van der Waals surface area (Å²) in [4.78, 5) is 11.8. The summed E-state index contributed by atoms with van der Waals surface area (Å²) >= 11 is 0. The smallest absolute Gasteiger partial charge is 0.342 e. The fraction of sp³-hybridized carbons (Fsp3) is 0.235. The number of ether oxygens (including phenoxy) is 2. The predicted octanol–water partition coefficient (Wildman–Crippen LogP) is 3.30. The van der Waals surface area contributed by atoms with Gasteiger partial charge in [0.2, 0.25) is 0 Å². The minimum atomic E-state index is -0.515. The van der Waals surface area contributed by atoms with Gasteiger partial charge in [0.15, 0.2) is 0 Å². The van der Waals surface area contributed by atoms with E-state index in [0.29, 0.717) is 23.5 Å². The maximum Gasteiger partial charge on any atom is 0.342 e. The Labute approximate surface area is 127 Å². The Balaban J connectivity index is 1.97. The average Bonchev–Trinajstić information content (AvgIpc) is 2.40. The van der Waals surface area contributed by atoms with Gasteiger partial charge in [-0.15, -0.1) is 0 Å². The second-order valence-corrected chi connectivity index (χ2v) is 5.45. The Morgan fingerprint density at radius 3 is 2.73 bits per heavy atom. The molecule has 0 saturated heterocycles. The highest BCUT2D eigenvalue weighted by atomic mass is 16.5. The van der Waals surface area contributed by atoms with Crippen molar-refractivity contribution in [2.45, 2.75) is 26.4 Å². The number of benzene rings is 2. The molecule has 5 heteroatoms. The Morgan fingerprint density at radius 1 is 1.23 bits per heavy atom. The van der Waals surface area contributed by atoms with Gasteiger partial charge < -0.3 is 19.7 Å². The Bertz CT molecular complexity index is 751.